The molecule has 0 aliphatic rings. The Kier molecular flexibility index (Phi) is 7.01. The highest BCUT2D eigenvalue weighted by Crippen LogP contribution is 2.23. The van der Waals surface area contributed by atoms with Crippen molar-refractivity contribution in [1.29, 1.82) is 0 Å². The summed E-state index contributed by atoms with van der Waals surface area (Å²) in [6, 6.07) is 13.6. The first-order chi connectivity index (χ1) is 13.9. The second kappa shape index (κ2) is 9.67. The van der Waals surface area contributed by atoms with Crippen LogP contribution in [0.4, 0.5) is 4.39 Å². The van der Waals surface area contributed by atoms with E-state index in [1.54, 1.807) is 24.4 Å². The molecule has 0 radical (unpaired) electrons. The molecule has 5 nitrogen and oxygen atoms in total. The molecule has 0 fully saturated rings. The molecule has 0 spiro atoms. The van der Waals surface area contributed by atoms with Gasteiger partial charge in [-0.25, -0.2) is 9.37 Å². The summed E-state index contributed by atoms with van der Waals surface area (Å²) in [7, 11) is 3.79. The number of benzene rings is 2. The van der Waals surface area contributed by atoms with Crippen LogP contribution in [0.2, 0.25) is 5.02 Å². The lowest BCUT2D eigenvalue weighted by atomic mass is 10.1. The van der Waals surface area contributed by atoms with E-state index in [0.717, 1.165) is 11.1 Å². The number of likely N-dealkylation sites (N-methyl/N-ethyl adjacent to an activating group) is 1. The molecule has 0 aliphatic heterocycles. The van der Waals surface area contributed by atoms with Crippen LogP contribution in [0.1, 0.15) is 23.9 Å². The average molecular weight is 416 g/mol. The van der Waals surface area contributed by atoms with Crippen molar-refractivity contribution in [3.63, 3.8) is 0 Å². The van der Waals surface area contributed by atoms with E-state index in [1.165, 1.54) is 12.1 Å². The predicted octanol–water partition coefficient (Wildman–Crippen LogP) is 4.49. The lowest BCUT2D eigenvalue weighted by Crippen LogP contribution is -2.34. The van der Waals surface area contributed by atoms with Crippen molar-refractivity contribution >= 4 is 17.5 Å². The molecule has 0 bridgehead atoms. The highest BCUT2D eigenvalue weighted by atomic mass is 35.5. The van der Waals surface area contributed by atoms with E-state index in [1.807, 2.05) is 37.2 Å². The zero-order chi connectivity index (χ0) is 20.8. The Morgan fingerprint density at radius 1 is 1.24 bits per heavy atom. The quantitative estimate of drug-likeness (QED) is 0.589. The van der Waals surface area contributed by atoms with E-state index in [0.29, 0.717) is 29.6 Å². The lowest BCUT2D eigenvalue weighted by Gasteiger charge is -2.25. The van der Waals surface area contributed by atoms with Crippen LogP contribution < -0.4 is 5.32 Å². The standard InChI is InChI=1S/C22H23ClFN3O2/c1-27(2)19(16-4-3-5-18(24)12-16)13-25-21(28)10-11-22-26-14-20(29-22)15-6-8-17(23)9-7-15/h3-9,12,14,19H,10-11,13H2,1-2H3,(H,25,28)/t19-/m0/s1. The fourth-order valence-electron chi connectivity index (χ4n) is 3.01. The summed E-state index contributed by atoms with van der Waals surface area (Å²) in [5, 5.41) is 3.56. The number of nitrogens with one attached hydrogen (secondary N) is 1. The topological polar surface area (TPSA) is 58.4 Å². The van der Waals surface area contributed by atoms with Crippen LogP contribution in [0.3, 0.4) is 0 Å². The largest absolute Gasteiger partial charge is 0.441 e. The Bertz CT molecular complexity index is 957. The Morgan fingerprint density at radius 3 is 2.69 bits per heavy atom. The van der Waals surface area contributed by atoms with Crippen LogP contribution in [-0.2, 0) is 11.2 Å². The van der Waals surface area contributed by atoms with Gasteiger partial charge in [0.15, 0.2) is 11.7 Å². The van der Waals surface area contributed by atoms with Gasteiger partial charge >= 0.3 is 0 Å². The molecular formula is C22H23ClFN3O2. The molecule has 7 heteroatoms. The number of hydrogen-bond acceptors (Lipinski definition) is 4. The van der Waals surface area contributed by atoms with E-state index >= 15 is 0 Å². The summed E-state index contributed by atoms with van der Waals surface area (Å²) in [6.45, 7) is 0.386. The van der Waals surface area contributed by atoms with Crippen molar-refractivity contribution in [2.45, 2.75) is 18.9 Å². The first-order valence-electron chi connectivity index (χ1n) is 9.31. The number of rotatable bonds is 8. The summed E-state index contributed by atoms with van der Waals surface area (Å²) in [5.41, 5.74) is 1.69. The molecule has 1 N–H and O–H groups in total. The van der Waals surface area contributed by atoms with Gasteiger partial charge in [0, 0.05) is 30.0 Å². The molecule has 152 valence electrons. The molecule has 1 heterocycles. The van der Waals surface area contributed by atoms with Crippen molar-refractivity contribution in [3.05, 3.63) is 77.0 Å². The Labute approximate surface area is 174 Å². The normalized spacial score (nSPS) is 12.2. The summed E-state index contributed by atoms with van der Waals surface area (Å²) in [6.07, 6.45) is 2.29. The van der Waals surface area contributed by atoms with Gasteiger partial charge in [-0.1, -0.05) is 23.7 Å². The number of carbonyl (C=O) groups excluding carboxylic acids is 1. The third kappa shape index (κ3) is 5.89. The van der Waals surface area contributed by atoms with Crippen LogP contribution in [0.15, 0.2) is 59.1 Å². The first-order valence-corrected chi connectivity index (χ1v) is 9.69. The summed E-state index contributed by atoms with van der Waals surface area (Å²) < 4.78 is 19.2. The minimum Gasteiger partial charge on any atom is -0.441 e. The van der Waals surface area contributed by atoms with Crippen LogP contribution >= 0.6 is 11.6 Å². The van der Waals surface area contributed by atoms with Crippen LogP contribution in [0, 0.1) is 5.82 Å². The second-order valence-electron chi connectivity index (χ2n) is 6.96. The molecule has 29 heavy (non-hydrogen) atoms. The van der Waals surface area contributed by atoms with Crippen molar-refractivity contribution in [1.82, 2.24) is 15.2 Å². The zero-order valence-electron chi connectivity index (χ0n) is 16.4. The molecule has 0 aliphatic carbocycles. The highest BCUT2D eigenvalue weighted by Gasteiger charge is 2.16. The van der Waals surface area contributed by atoms with Gasteiger partial charge in [-0.3, -0.25) is 4.79 Å². The third-order valence-corrected chi connectivity index (χ3v) is 4.85. The molecule has 3 rings (SSSR count). The van der Waals surface area contributed by atoms with Gasteiger partial charge in [0.1, 0.15) is 5.82 Å². The molecule has 1 atom stereocenters. The number of amides is 1. The van der Waals surface area contributed by atoms with Crippen LogP contribution in [0.25, 0.3) is 11.3 Å². The monoisotopic (exact) mass is 415 g/mol. The molecule has 3 aromatic rings. The molecule has 0 unspecified atom stereocenters. The minimum absolute atomic E-state index is 0.112. The Morgan fingerprint density at radius 2 is 2.00 bits per heavy atom. The maximum absolute atomic E-state index is 13.5. The predicted molar refractivity (Wildman–Crippen MR) is 111 cm³/mol. The summed E-state index contributed by atoms with van der Waals surface area (Å²) in [4.78, 5) is 18.5. The number of halogens is 2. The van der Waals surface area contributed by atoms with E-state index in [2.05, 4.69) is 10.3 Å². The van der Waals surface area contributed by atoms with Crippen molar-refractivity contribution in [3.8, 4) is 11.3 Å². The maximum Gasteiger partial charge on any atom is 0.220 e. The first kappa shape index (κ1) is 21.0. The number of aryl methyl sites for hydroxylation is 1. The fourth-order valence-corrected chi connectivity index (χ4v) is 3.13. The van der Waals surface area contributed by atoms with Crippen molar-refractivity contribution in [2.24, 2.45) is 0 Å². The molecule has 2 aromatic carbocycles. The van der Waals surface area contributed by atoms with E-state index < -0.39 is 0 Å². The third-order valence-electron chi connectivity index (χ3n) is 4.60. The van der Waals surface area contributed by atoms with Gasteiger partial charge in [-0.15, -0.1) is 0 Å². The lowest BCUT2D eigenvalue weighted by molar-refractivity contribution is -0.121. The van der Waals surface area contributed by atoms with E-state index in [-0.39, 0.29) is 24.2 Å². The van der Waals surface area contributed by atoms with Gasteiger partial charge in [0.2, 0.25) is 5.91 Å². The summed E-state index contributed by atoms with van der Waals surface area (Å²) in [5.74, 6) is 0.732. The number of nitrogens with zero attached hydrogens (tertiary/aromatic N) is 2. The number of aromatic nitrogens is 1. The van der Waals surface area contributed by atoms with Gasteiger partial charge in [0.05, 0.1) is 12.2 Å². The summed E-state index contributed by atoms with van der Waals surface area (Å²) >= 11 is 5.89. The number of oxazole rings is 1. The smallest absolute Gasteiger partial charge is 0.220 e. The molecule has 1 amide bonds. The molecule has 0 saturated heterocycles. The molecule has 1 aromatic heterocycles. The maximum atomic E-state index is 13.5. The highest BCUT2D eigenvalue weighted by molar-refractivity contribution is 6.30. The Balaban J connectivity index is 1.52. The minimum atomic E-state index is -0.291. The van der Waals surface area contributed by atoms with E-state index in [4.69, 9.17) is 16.0 Å². The fraction of sp³-hybridized carbons (Fsp3) is 0.273. The average Bonchev–Trinajstić information content (AvgIpc) is 3.16. The van der Waals surface area contributed by atoms with Gasteiger partial charge < -0.3 is 14.6 Å². The number of hydrogen-bond donors (Lipinski definition) is 1. The van der Waals surface area contributed by atoms with E-state index in [9.17, 15) is 9.18 Å². The van der Waals surface area contributed by atoms with Crippen LogP contribution in [-0.4, -0.2) is 36.4 Å². The SMILES string of the molecule is CN(C)[C@@H](CNC(=O)CCc1ncc(-c2ccc(Cl)cc2)o1)c1cccc(F)c1. The van der Waals surface area contributed by atoms with Crippen molar-refractivity contribution in [2.75, 3.05) is 20.6 Å². The second-order valence-corrected chi connectivity index (χ2v) is 7.40. The van der Waals surface area contributed by atoms with Gasteiger partial charge in [0.25, 0.3) is 0 Å². The molecule has 0 saturated carbocycles. The number of carbonyl (C=O) groups is 1. The Hall–Kier alpha value is -2.70. The zero-order valence-corrected chi connectivity index (χ0v) is 17.1. The van der Waals surface area contributed by atoms with Crippen LogP contribution in [0.5, 0.6) is 0 Å². The molecular weight excluding hydrogens is 393 g/mol. The van der Waals surface area contributed by atoms with Crippen molar-refractivity contribution < 1.29 is 13.6 Å². The van der Waals surface area contributed by atoms with Gasteiger partial charge in [-0.05, 0) is 56.1 Å². The van der Waals surface area contributed by atoms with Gasteiger partial charge in [-0.2, -0.15) is 0 Å².